The molecule has 2 heterocycles. The second-order valence-electron chi connectivity index (χ2n) is 5.94. The van der Waals surface area contributed by atoms with Gasteiger partial charge in [0.05, 0.1) is 11.9 Å². The maximum absolute atomic E-state index is 12.4. The molecule has 1 aliphatic heterocycles. The number of aryl methyl sites for hydroxylation is 1. The topological polar surface area (TPSA) is 79.3 Å². The zero-order valence-electron chi connectivity index (χ0n) is 12.9. The van der Waals surface area contributed by atoms with Crippen molar-refractivity contribution in [3.05, 3.63) is 12.4 Å². The summed E-state index contributed by atoms with van der Waals surface area (Å²) in [6.07, 6.45) is 5.13. The van der Waals surface area contributed by atoms with Crippen molar-refractivity contribution in [3.63, 3.8) is 0 Å². The van der Waals surface area contributed by atoms with E-state index in [1.807, 2.05) is 0 Å². The Bertz CT molecular complexity index is 555. The van der Waals surface area contributed by atoms with Gasteiger partial charge in [-0.2, -0.15) is 17.8 Å². The van der Waals surface area contributed by atoms with Crippen LogP contribution in [0, 0.1) is 5.92 Å². The predicted molar refractivity (Wildman–Crippen MR) is 83.2 cm³/mol. The quantitative estimate of drug-likeness (QED) is 0.813. The molecule has 0 amide bonds. The summed E-state index contributed by atoms with van der Waals surface area (Å²) in [5.74, 6) is 0.367. The van der Waals surface area contributed by atoms with Gasteiger partial charge in [0.25, 0.3) is 0 Å². The maximum atomic E-state index is 12.4. The zero-order valence-corrected chi connectivity index (χ0v) is 13.7. The summed E-state index contributed by atoms with van der Waals surface area (Å²) in [5.41, 5.74) is 0.500. The van der Waals surface area contributed by atoms with Crippen LogP contribution in [0.2, 0.25) is 0 Å². The first kappa shape index (κ1) is 16.3. The Kier molecular flexibility index (Phi) is 5.23. The Labute approximate surface area is 126 Å². The van der Waals surface area contributed by atoms with E-state index in [1.165, 1.54) is 10.5 Å². The molecule has 0 spiro atoms. The zero-order chi connectivity index (χ0) is 15.5. The summed E-state index contributed by atoms with van der Waals surface area (Å²) in [4.78, 5) is 0. The minimum atomic E-state index is -3.49. The van der Waals surface area contributed by atoms with Gasteiger partial charge >= 0.3 is 10.2 Å². The van der Waals surface area contributed by atoms with Crippen molar-refractivity contribution in [1.82, 2.24) is 19.4 Å². The highest BCUT2D eigenvalue weighted by atomic mass is 32.2. The molecule has 1 saturated heterocycles. The fourth-order valence-corrected chi connectivity index (χ4v) is 3.81. The van der Waals surface area contributed by atoms with Crippen LogP contribution in [-0.4, -0.2) is 48.2 Å². The number of piperidine rings is 1. The third-order valence-electron chi connectivity index (χ3n) is 3.59. The summed E-state index contributed by atoms with van der Waals surface area (Å²) < 4.78 is 30.5. The Morgan fingerprint density at radius 2 is 2.24 bits per heavy atom. The Morgan fingerprint density at radius 1 is 1.48 bits per heavy atom. The SMILES string of the molecule is CC(C)NCC1CCCN(S(=O)(=O)Nc2cnn(C)c2)C1. The Hall–Kier alpha value is -1.12. The molecule has 1 aromatic heterocycles. The summed E-state index contributed by atoms with van der Waals surface area (Å²) >= 11 is 0. The van der Waals surface area contributed by atoms with Crippen LogP contribution < -0.4 is 10.0 Å². The van der Waals surface area contributed by atoms with Crippen molar-refractivity contribution in [2.24, 2.45) is 13.0 Å². The van der Waals surface area contributed by atoms with Gasteiger partial charge in [-0.05, 0) is 25.3 Å². The first-order chi connectivity index (χ1) is 9.87. The van der Waals surface area contributed by atoms with Gasteiger partial charge in [-0.3, -0.25) is 9.40 Å². The lowest BCUT2D eigenvalue weighted by atomic mass is 9.99. The molecule has 120 valence electrons. The molecule has 0 aromatic carbocycles. The smallest absolute Gasteiger partial charge is 0.301 e. The van der Waals surface area contributed by atoms with Crippen LogP contribution in [0.25, 0.3) is 0 Å². The third kappa shape index (κ3) is 4.69. The van der Waals surface area contributed by atoms with Crippen LogP contribution in [0.5, 0.6) is 0 Å². The molecule has 8 heteroatoms. The van der Waals surface area contributed by atoms with E-state index >= 15 is 0 Å². The normalized spacial score (nSPS) is 20.9. The highest BCUT2D eigenvalue weighted by Gasteiger charge is 2.29. The van der Waals surface area contributed by atoms with E-state index < -0.39 is 10.2 Å². The summed E-state index contributed by atoms with van der Waals surface area (Å²) in [6.45, 7) is 6.20. The van der Waals surface area contributed by atoms with E-state index in [0.717, 1.165) is 19.4 Å². The van der Waals surface area contributed by atoms with E-state index in [-0.39, 0.29) is 0 Å². The summed E-state index contributed by atoms with van der Waals surface area (Å²) in [7, 11) is -1.74. The first-order valence-corrected chi connectivity index (χ1v) is 8.81. The van der Waals surface area contributed by atoms with Gasteiger partial charge in [-0.1, -0.05) is 13.8 Å². The van der Waals surface area contributed by atoms with Crippen molar-refractivity contribution in [3.8, 4) is 0 Å². The number of nitrogens with zero attached hydrogens (tertiary/aromatic N) is 3. The molecule has 1 fully saturated rings. The number of nitrogens with one attached hydrogen (secondary N) is 2. The van der Waals surface area contributed by atoms with Crippen LogP contribution >= 0.6 is 0 Å². The number of hydrogen-bond donors (Lipinski definition) is 2. The van der Waals surface area contributed by atoms with E-state index in [9.17, 15) is 8.42 Å². The summed E-state index contributed by atoms with van der Waals surface area (Å²) in [5, 5.41) is 7.36. The average molecular weight is 315 g/mol. The second-order valence-corrected chi connectivity index (χ2v) is 7.61. The molecule has 1 atom stereocenters. The van der Waals surface area contributed by atoms with Gasteiger partial charge in [-0.25, -0.2) is 0 Å². The van der Waals surface area contributed by atoms with Crippen molar-refractivity contribution < 1.29 is 8.42 Å². The highest BCUT2D eigenvalue weighted by molar-refractivity contribution is 7.90. The first-order valence-electron chi connectivity index (χ1n) is 7.37. The van der Waals surface area contributed by atoms with Gasteiger partial charge in [0.15, 0.2) is 0 Å². The fourth-order valence-electron chi connectivity index (χ4n) is 2.50. The molecule has 0 bridgehead atoms. The van der Waals surface area contributed by atoms with E-state index in [4.69, 9.17) is 0 Å². The monoisotopic (exact) mass is 315 g/mol. The molecular weight excluding hydrogens is 290 g/mol. The van der Waals surface area contributed by atoms with Crippen LogP contribution in [0.1, 0.15) is 26.7 Å². The molecule has 0 aliphatic carbocycles. The summed E-state index contributed by atoms with van der Waals surface area (Å²) in [6, 6.07) is 0.422. The van der Waals surface area contributed by atoms with Crippen LogP contribution in [0.4, 0.5) is 5.69 Å². The largest absolute Gasteiger partial charge is 0.314 e. The molecule has 21 heavy (non-hydrogen) atoms. The molecule has 0 saturated carbocycles. The van der Waals surface area contributed by atoms with E-state index in [1.54, 1.807) is 17.9 Å². The van der Waals surface area contributed by atoms with Crippen LogP contribution in [0.3, 0.4) is 0 Å². The van der Waals surface area contributed by atoms with Gasteiger partial charge in [0.1, 0.15) is 0 Å². The number of anilines is 1. The van der Waals surface area contributed by atoms with Crippen LogP contribution in [0.15, 0.2) is 12.4 Å². The van der Waals surface area contributed by atoms with Gasteiger partial charge < -0.3 is 5.32 Å². The van der Waals surface area contributed by atoms with E-state index in [0.29, 0.717) is 30.7 Å². The second kappa shape index (κ2) is 6.76. The van der Waals surface area contributed by atoms with Crippen molar-refractivity contribution in [1.29, 1.82) is 0 Å². The molecule has 0 radical (unpaired) electrons. The lowest BCUT2D eigenvalue weighted by Crippen LogP contribution is -2.45. The maximum Gasteiger partial charge on any atom is 0.301 e. The molecule has 1 aromatic rings. The Balaban J connectivity index is 1.95. The van der Waals surface area contributed by atoms with Crippen molar-refractivity contribution in [2.75, 3.05) is 24.4 Å². The lowest BCUT2D eigenvalue weighted by molar-refractivity contribution is 0.258. The number of rotatable bonds is 6. The van der Waals surface area contributed by atoms with Crippen molar-refractivity contribution in [2.45, 2.75) is 32.7 Å². The van der Waals surface area contributed by atoms with Gasteiger partial charge in [0.2, 0.25) is 0 Å². The number of hydrogen-bond acceptors (Lipinski definition) is 4. The van der Waals surface area contributed by atoms with Crippen LogP contribution in [-0.2, 0) is 17.3 Å². The third-order valence-corrected chi connectivity index (χ3v) is 5.09. The molecule has 1 aliphatic rings. The minimum absolute atomic E-state index is 0.367. The van der Waals surface area contributed by atoms with Crippen molar-refractivity contribution >= 4 is 15.9 Å². The molecule has 2 rings (SSSR count). The Morgan fingerprint density at radius 3 is 2.86 bits per heavy atom. The lowest BCUT2D eigenvalue weighted by Gasteiger charge is -2.32. The van der Waals surface area contributed by atoms with Gasteiger partial charge in [-0.15, -0.1) is 0 Å². The molecule has 1 unspecified atom stereocenters. The molecular formula is C13H25N5O2S. The number of aromatic nitrogens is 2. The minimum Gasteiger partial charge on any atom is -0.314 e. The standard InChI is InChI=1S/C13H25N5O2S/c1-11(2)14-7-12-5-4-6-18(9-12)21(19,20)16-13-8-15-17(3)10-13/h8,10-12,14,16H,4-7,9H2,1-3H3. The average Bonchev–Trinajstić information content (AvgIpc) is 2.81. The molecule has 7 nitrogen and oxygen atoms in total. The predicted octanol–water partition coefficient (Wildman–Crippen LogP) is 0.787. The van der Waals surface area contributed by atoms with Gasteiger partial charge in [0, 0.05) is 32.4 Å². The highest BCUT2D eigenvalue weighted by Crippen LogP contribution is 2.20. The van der Waals surface area contributed by atoms with E-state index in [2.05, 4.69) is 29.0 Å². The fraction of sp³-hybridized carbons (Fsp3) is 0.769. The molecule has 2 N–H and O–H groups in total.